The second kappa shape index (κ2) is 5.42. The minimum absolute atomic E-state index is 0.477. The van der Waals surface area contributed by atoms with E-state index in [0.29, 0.717) is 22.6 Å². The summed E-state index contributed by atoms with van der Waals surface area (Å²) >= 11 is 6.19. The molecular weight excluding hydrogens is 310 g/mol. The monoisotopic (exact) mass is 327 g/mol. The molecule has 23 heavy (non-hydrogen) atoms. The minimum atomic E-state index is 0.477. The van der Waals surface area contributed by atoms with Crippen molar-refractivity contribution in [2.24, 2.45) is 0 Å². The molecule has 4 N–H and O–H groups in total. The maximum atomic E-state index is 6.19. The number of rotatable bonds is 2. The lowest BCUT2D eigenvalue weighted by Gasteiger charge is -2.12. The maximum Gasteiger partial charge on any atom is 0.146 e. The minimum Gasteiger partial charge on any atom is -0.398 e. The molecule has 0 spiro atoms. The summed E-state index contributed by atoms with van der Waals surface area (Å²) in [6.45, 7) is 0. The molecule has 118 valence electrons. The third-order valence-corrected chi connectivity index (χ3v) is 5.00. The first-order chi connectivity index (χ1) is 11.1. The zero-order valence-corrected chi connectivity index (χ0v) is 13.4. The second-order valence-corrected chi connectivity index (χ2v) is 6.49. The van der Waals surface area contributed by atoms with E-state index >= 15 is 0 Å². The van der Waals surface area contributed by atoms with Gasteiger partial charge in [-0.25, -0.2) is 9.97 Å². The third-order valence-electron chi connectivity index (χ3n) is 4.67. The first-order valence-corrected chi connectivity index (χ1v) is 8.19. The van der Waals surface area contributed by atoms with Gasteiger partial charge in [-0.15, -0.1) is 0 Å². The van der Waals surface area contributed by atoms with Crippen molar-refractivity contribution in [2.45, 2.75) is 31.7 Å². The van der Waals surface area contributed by atoms with Gasteiger partial charge in [0.15, 0.2) is 0 Å². The Kier molecular flexibility index (Phi) is 3.38. The molecule has 1 aromatic carbocycles. The van der Waals surface area contributed by atoms with E-state index < -0.39 is 0 Å². The van der Waals surface area contributed by atoms with Crippen molar-refractivity contribution < 1.29 is 0 Å². The van der Waals surface area contributed by atoms with E-state index in [-0.39, 0.29) is 0 Å². The molecule has 0 radical (unpaired) electrons. The first-order valence-electron chi connectivity index (χ1n) is 7.81. The van der Waals surface area contributed by atoms with Gasteiger partial charge in [-0.05, 0) is 30.5 Å². The fourth-order valence-corrected chi connectivity index (χ4v) is 3.66. The standard InChI is InChI=1S/C17H18ClN5/c18-13-7-10(5-6-14(13)19)12-8-23(11-3-1-2-4-11)17-15(12)16(20)21-9-22-17/h5-9,11H,1-4,19H2,(H2,20,21,22). The molecule has 1 aliphatic rings. The molecular formula is C17H18ClN5. The Balaban J connectivity index is 1.97. The zero-order chi connectivity index (χ0) is 16.0. The lowest BCUT2D eigenvalue weighted by atomic mass is 10.1. The van der Waals surface area contributed by atoms with Crippen LogP contribution in [-0.4, -0.2) is 14.5 Å². The van der Waals surface area contributed by atoms with Crippen LogP contribution < -0.4 is 11.5 Å². The van der Waals surface area contributed by atoms with Crippen molar-refractivity contribution in [2.75, 3.05) is 11.5 Å². The molecule has 4 rings (SSSR count). The van der Waals surface area contributed by atoms with E-state index in [1.165, 1.54) is 32.0 Å². The summed E-state index contributed by atoms with van der Waals surface area (Å²) in [6, 6.07) is 6.12. The van der Waals surface area contributed by atoms with Crippen molar-refractivity contribution in [1.29, 1.82) is 0 Å². The Hall–Kier alpha value is -2.27. The molecule has 2 heterocycles. The van der Waals surface area contributed by atoms with Crippen LogP contribution in [0, 0.1) is 0 Å². The first kappa shape index (κ1) is 14.3. The summed E-state index contributed by atoms with van der Waals surface area (Å²) in [7, 11) is 0. The molecule has 1 aliphatic carbocycles. The number of anilines is 2. The number of nitrogens with two attached hydrogens (primary N) is 2. The molecule has 1 fully saturated rings. The average Bonchev–Trinajstić information content (AvgIpc) is 3.17. The number of fused-ring (bicyclic) bond motifs is 1. The number of nitrogens with zero attached hydrogens (tertiary/aromatic N) is 3. The molecule has 0 bridgehead atoms. The van der Waals surface area contributed by atoms with E-state index in [2.05, 4.69) is 20.7 Å². The number of aromatic nitrogens is 3. The summed E-state index contributed by atoms with van der Waals surface area (Å²) in [5, 5.41) is 1.43. The van der Waals surface area contributed by atoms with Gasteiger partial charge in [-0.2, -0.15) is 0 Å². The average molecular weight is 328 g/mol. The topological polar surface area (TPSA) is 82.8 Å². The molecule has 0 atom stereocenters. The Morgan fingerprint density at radius 3 is 2.65 bits per heavy atom. The molecule has 1 saturated carbocycles. The van der Waals surface area contributed by atoms with Gasteiger partial charge in [-0.1, -0.05) is 30.5 Å². The predicted octanol–water partition coefficient (Wildman–Crippen LogP) is 4.03. The van der Waals surface area contributed by atoms with Crippen LogP contribution in [-0.2, 0) is 0 Å². The van der Waals surface area contributed by atoms with Gasteiger partial charge in [0.1, 0.15) is 17.8 Å². The van der Waals surface area contributed by atoms with Crippen molar-refractivity contribution in [3.8, 4) is 11.1 Å². The molecule has 0 aliphatic heterocycles. The van der Waals surface area contributed by atoms with Crippen LogP contribution >= 0.6 is 11.6 Å². The highest BCUT2D eigenvalue weighted by Gasteiger charge is 2.23. The summed E-state index contributed by atoms with van der Waals surface area (Å²) < 4.78 is 2.25. The largest absolute Gasteiger partial charge is 0.398 e. The summed E-state index contributed by atoms with van der Waals surface area (Å²) in [5.74, 6) is 0.495. The number of hydrogen-bond donors (Lipinski definition) is 2. The van der Waals surface area contributed by atoms with Gasteiger partial charge < -0.3 is 16.0 Å². The fourth-order valence-electron chi connectivity index (χ4n) is 3.48. The highest BCUT2D eigenvalue weighted by molar-refractivity contribution is 6.33. The van der Waals surface area contributed by atoms with Crippen LogP contribution in [0.5, 0.6) is 0 Å². The van der Waals surface area contributed by atoms with Crippen LogP contribution in [0.1, 0.15) is 31.7 Å². The van der Waals surface area contributed by atoms with E-state index in [4.69, 9.17) is 23.1 Å². The Morgan fingerprint density at radius 1 is 1.13 bits per heavy atom. The van der Waals surface area contributed by atoms with Gasteiger partial charge in [0.05, 0.1) is 16.1 Å². The van der Waals surface area contributed by atoms with Crippen LogP contribution in [0.3, 0.4) is 0 Å². The summed E-state index contributed by atoms with van der Waals surface area (Å²) in [4.78, 5) is 8.66. The van der Waals surface area contributed by atoms with E-state index in [1.807, 2.05) is 18.2 Å². The maximum absolute atomic E-state index is 6.19. The number of hydrogen-bond acceptors (Lipinski definition) is 4. The number of halogens is 1. The van der Waals surface area contributed by atoms with E-state index in [1.54, 1.807) is 0 Å². The molecule has 3 aromatic rings. The van der Waals surface area contributed by atoms with Crippen LogP contribution in [0.15, 0.2) is 30.7 Å². The molecule has 2 aromatic heterocycles. The van der Waals surface area contributed by atoms with Gasteiger partial charge in [0.25, 0.3) is 0 Å². The molecule has 0 unspecified atom stereocenters. The molecule has 5 nitrogen and oxygen atoms in total. The zero-order valence-electron chi connectivity index (χ0n) is 12.7. The van der Waals surface area contributed by atoms with Crippen LogP contribution in [0.2, 0.25) is 5.02 Å². The third kappa shape index (κ3) is 2.32. The smallest absolute Gasteiger partial charge is 0.146 e. The summed E-state index contributed by atoms with van der Waals surface area (Å²) in [5.41, 5.74) is 15.4. The Bertz CT molecular complexity index is 880. The SMILES string of the molecule is Nc1ccc(-c2cn(C3CCCC3)c3ncnc(N)c23)cc1Cl. The Morgan fingerprint density at radius 2 is 1.91 bits per heavy atom. The predicted molar refractivity (Wildman–Crippen MR) is 94.3 cm³/mol. The Labute approximate surface area is 139 Å². The van der Waals surface area contributed by atoms with Gasteiger partial charge in [-0.3, -0.25) is 0 Å². The van der Waals surface area contributed by atoms with Gasteiger partial charge in [0.2, 0.25) is 0 Å². The fraction of sp³-hybridized carbons (Fsp3) is 0.294. The number of nitrogen functional groups attached to an aromatic ring is 2. The van der Waals surface area contributed by atoms with Crippen LogP contribution in [0.25, 0.3) is 22.2 Å². The lowest BCUT2D eigenvalue weighted by molar-refractivity contribution is 0.532. The lowest BCUT2D eigenvalue weighted by Crippen LogP contribution is -2.04. The summed E-state index contributed by atoms with van der Waals surface area (Å²) in [6.07, 6.45) is 8.53. The van der Waals surface area contributed by atoms with Crippen molar-refractivity contribution in [3.05, 3.63) is 35.7 Å². The quantitative estimate of drug-likeness (QED) is 0.696. The van der Waals surface area contributed by atoms with Crippen molar-refractivity contribution >= 4 is 34.1 Å². The normalized spacial score (nSPS) is 15.5. The second-order valence-electron chi connectivity index (χ2n) is 6.08. The van der Waals surface area contributed by atoms with E-state index in [0.717, 1.165) is 22.2 Å². The van der Waals surface area contributed by atoms with Crippen molar-refractivity contribution in [3.63, 3.8) is 0 Å². The highest BCUT2D eigenvalue weighted by Crippen LogP contribution is 2.39. The highest BCUT2D eigenvalue weighted by atomic mass is 35.5. The number of benzene rings is 1. The van der Waals surface area contributed by atoms with Crippen LogP contribution in [0.4, 0.5) is 11.5 Å². The van der Waals surface area contributed by atoms with Gasteiger partial charge >= 0.3 is 0 Å². The van der Waals surface area contributed by atoms with Gasteiger partial charge in [0, 0.05) is 17.8 Å². The van der Waals surface area contributed by atoms with E-state index in [9.17, 15) is 0 Å². The van der Waals surface area contributed by atoms with Crippen molar-refractivity contribution in [1.82, 2.24) is 14.5 Å². The molecule has 6 heteroatoms. The molecule has 0 saturated heterocycles. The molecule has 0 amide bonds.